The molecule has 0 bridgehead atoms. The monoisotopic (exact) mass is 302 g/mol. The van der Waals surface area contributed by atoms with E-state index in [2.05, 4.69) is 5.32 Å². The number of carbonyl (C=O) groups excluding carboxylic acids is 1. The Bertz CT molecular complexity index is 489. The Morgan fingerprint density at radius 2 is 2.05 bits per heavy atom. The Morgan fingerprint density at radius 1 is 1.45 bits per heavy atom. The molecule has 0 aliphatic carbocycles. The van der Waals surface area contributed by atoms with Gasteiger partial charge in [0.2, 0.25) is 0 Å². The van der Waals surface area contributed by atoms with Gasteiger partial charge in [0.25, 0.3) is 0 Å². The van der Waals surface area contributed by atoms with Crippen LogP contribution < -0.4 is 11.1 Å². The van der Waals surface area contributed by atoms with Gasteiger partial charge in [-0.25, -0.2) is 9.18 Å². The Morgan fingerprint density at radius 3 is 2.55 bits per heavy atom. The van der Waals surface area contributed by atoms with Crippen LogP contribution in [0.1, 0.15) is 39.3 Å². The van der Waals surface area contributed by atoms with Gasteiger partial charge in [0.15, 0.2) is 0 Å². The van der Waals surface area contributed by atoms with Crippen LogP contribution in [0.3, 0.4) is 0 Å². The Hall–Kier alpha value is -1.33. The second-order valence-corrected chi connectivity index (χ2v) is 6.04. The van der Waals surface area contributed by atoms with Gasteiger partial charge >= 0.3 is 6.09 Å². The van der Waals surface area contributed by atoms with E-state index in [1.165, 1.54) is 12.1 Å². The normalized spacial score (nSPS) is 14.6. The molecular weight excluding hydrogens is 283 g/mol. The topological polar surface area (TPSA) is 64.3 Å². The fraction of sp³-hybridized carbons (Fsp3) is 0.500. The van der Waals surface area contributed by atoms with Crippen molar-refractivity contribution in [2.45, 2.75) is 45.4 Å². The van der Waals surface area contributed by atoms with Crippen molar-refractivity contribution in [3.8, 4) is 0 Å². The molecule has 0 saturated heterocycles. The van der Waals surface area contributed by atoms with Crippen molar-refractivity contribution in [3.05, 3.63) is 34.6 Å². The number of nitrogens with one attached hydrogen (secondary N) is 1. The fourth-order valence-electron chi connectivity index (χ4n) is 1.59. The van der Waals surface area contributed by atoms with Gasteiger partial charge in [-0.2, -0.15) is 0 Å². The average molecular weight is 303 g/mol. The van der Waals surface area contributed by atoms with Crippen LogP contribution in [0.4, 0.5) is 9.18 Å². The molecule has 1 amide bonds. The smallest absolute Gasteiger partial charge is 0.407 e. The summed E-state index contributed by atoms with van der Waals surface area (Å²) in [6.07, 6.45) is -0.548. The highest BCUT2D eigenvalue weighted by Gasteiger charge is 2.22. The lowest BCUT2D eigenvalue weighted by Gasteiger charge is -2.25. The molecule has 2 atom stereocenters. The molecule has 1 rings (SSSR count). The highest BCUT2D eigenvalue weighted by Crippen LogP contribution is 2.21. The Labute approximate surface area is 123 Å². The molecule has 0 aromatic heterocycles. The van der Waals surface area contributed by atoms with Crippen molar-refractivity contribution in [2.75, 3.05) is 0 Å². The van der Waals surface area contributed by atoms with Crippen molar-refractivity contribution >= 4 is 17.7 Å². The number of hydrogen-bond donors (Lipinski definition) is 2. The van der Waals surface area contributed by atoms with Crippen LogP contribution in [0, 0.1) is 5.82 Å². The van der Waals surface area contributed by atoms with Crippen LogP contribution in [-0.2, 0) is 4.74 Å². The lowest BCUT2D eigenvalue weighted by atomic mass is 10.0. The lowest BCUT2D eigenvalue weighted by Crippen LogP contribution is -2.43. The molecule has 2 unspecified atom stereocenters. The fourth-order valence-corrected chi connectivity index (χ4v) is 1.78. The number of hydrogen-bond acceptors (Lipinski definition) is 3. The van der Waals surface area contributed by atoms with E-state index < -0.39 is 23.6 Å². The summed E-state index contributed by atoms with van der Waals surface area (Å²) >= 11 is 5.71. The van der Waals surface area contributed by atoms with Crippen molar-refractivity contribution < 1.29 is 13.9 Å². The summed E-state index contributed by atoms with van der Waals surface area (Å²) in [6.45, 7) is 7.07. The minimum Gasteiger partial charge on any atom is -0.444 e. The van der Waals surface area contributed by atoms with E-state index in [0.717, 1.165) is 0 Å². The van der Waals surface area contributed by atoms with Crippen LogP contribution in [0.2, 0.25) is 5.02 Å². The van der Waals surface area contributed by atoms with E-state index in [-0.39, 0.29) is 11.1 Å². The summed E-state index contributed by atoms with van der Waals surface area (Å²) in [5.41, 5.74) is 6.08. The molecule has 3 N–H and O–H groups in total. The number of nitrogens with two attached hydrogens (primary N) is 1. The van der Waals surface area contributed by atoms with Crippen molar-refractivity contribution in [1.29, 1.82) is 0 Å². The number of ether oxygens (including phenoxy) is 1. The first-order valence-corrected chi connectivity index (χ1v) is 6.68. The summed E-state index contributed by atoms with van der Waals surface area (Å²) in [6, 6.07) is 3.35. The second-order valence-electron chi connectivity index (χ2n) is 5.63. The second kappa shape index (κ2) is 6.41. The molecule has 0 aliphatic heterocycles. The number of alkyl carbamates (subject to hydrolysis) is 1. The standard InChI is InChI=1S/C14H20ClFN2O2/c1-8(18-13(19)20-14(2,3)4)12(17)9-5-6-11(16)10(15)7-9/h5-8,12H,17H2,1-4H3,(H,18,19). The van der Waals surface area contributed by atoms with Crippen LogP contribution in [0.15, 0.2) is 18.2 Å². The number of rotatable bonds is 3. The number of carbonyl (C=O) groups is 1. The maximum absolute atomic E-state index is 13.1. The molecule has 4 nitrogen and oxygen atoms in total. The summed E-state index contributed by atoms with van der Waals surface area (Å²) < 4.78 is 18.2. The molecule has 0 spiro atoms. The molecule has 20 heavy (non-hydrogen) atoms. The van der Waals surface area contributed by atoms with Crippen LogP contribution in [0.5, 0.6) is 0 Å². The maximum atomic E-state index is 13.1. The largest absolute Gasteiger partial charge is 0.444 e. The molecule has 0 radical (unpaired) electrons. The third-order valence-corrected chi connectivity index (χ3v) is 2.90. The summed E-state index contributed by atoms with van der Waals surface area (Å²) in [7, 11) is 0. The third kappa shape index (κ3) is 4.98. The minimum atomic E-state index is -0.576. The average Bonchev–Trinajstić information content (AvgIpc) is 2.29. The van der Waals surface area contributed by atoms with E-state index in [1.54, 1.807) is 33.8 Å². The van der Waals surface area contributed by atoms with E-state index >= 15 is 0 Å². The molecule has 0 heterocycles. The highest BCUT2D eigenvalue weighted by atomic mass is 35.5. The van der Waals surface area contributed by atoms with Crippen LogP contribution in [-0.4, -0.2) is 17.7 Å². The SMILES string of the molecule is CC(NC(=O)OC(C)(C)C)C(N)c1ccc(F)c(Cl)c1. The molecular formula is C14H20ClFN2O2. The van der Waals surface area contributed by atoms with Gasteiger partial charge in [-0.15, -0.1) is 0 Å². The van der Waals surface area contributed by atoms with E-state index in [0.29, 0.717) is 5.56 Å². The van der Waals surface area contributed by atoms with Crippen LogP contribution in [0.25, 0.3) is 0 Å². The van der Waals surface area contributed by atoms with Gasteiger partial charge in [0.05, 0.1) is 5.02 Å². The number of benzene rings is 1. The molecule has 1 aromatic carbocycles. The summed E-state index contributed by atoms with van der Waals surface area (Å²) in [5, 5.41) is 2.65. The first-order chi connectivity index (χ1) is 9.10. The van der Waals surface area contributed by atoms with E-state index in [4.69, 9.17) is 22.1 Å². The molecule has 1 aromatic rings. The first kappa shape index (κ1) is 16.7. The Kier molecular flexibility index (Phi) is 5.36. The predicted octanol–water partition coefficient (Wildman–Crippen LogP) is 3.39. The zero-order chi connectivity index (χ0) is 15.5. The summed E-state index contributed by atoms with van der Waals surface area (Å²) in [5.74, 6) is -0.504. The third-order valence-electron chi connectivity index (χ3n) is 2.61. The zero-order valence-electron chi connectivity index (χ0n) is 12.0. The minimum absolute atomic E-state index is 0.00224. The van der Waals surface area contributed by atoms with Crippen molar-refractivity contribution in [2.24, 2.45) is 5.73 Å². The number of halogens is 2. The van der Waals surface area contributed by atoms with Gasteiger partial charge < -0.3 is 15.8 Å². The van der Waals surface area contributed by atoms with Crippen LogP contribution >= 0.6 is 11.6 Å². The molecule has 112 valence electrons. The molecule has 0 fully saturated rings. The van der Waals surface area contributed by atoms with Gasteiger partial charge in [-0.3, -0.25) is 0 Å². The van der Waals surface area contributed by atoms with Crippen molar-refractivity contribution in [3.63, 3.8) is 0 Å². The van der Waals surface area contributed by atoms with Gasteiger partial charge in [0, 0.05) is 12.1 Å². The van der Waals surface area contributed by atoms with Gasteiger partial charge in [-0.05, 0) is 45.4 Å². The van der Waals surface area contributed by atoms with Gasteiger partial charge in [0.1, 0.15) is 11.4 Å². The zero-order valence-corrected chi connectivity index (χ0v) is 12.8. The quantitative estimate of drug-likeness (QED) is 0.899. The Balaban J connectivity index is 2.69. The van der Waals surface area contributed by atoms with Crippen molar-refractivity contribution in [1.82, 2.24) is 5.32 Å². The van der Waals surface area contributed by atoms with Gasteiger partial charge in [-0.1, -0.05) is 17.7 Å². The molecule has 0 aliphatic rings. The summed E-state index contributed by atoms with van der Waals surface area (Å²) in [4.78, 5) is 11.7. The lowest BCUT2D eigenvalue weighted by molar-refractivity contribution is 0.0501. The predicted molar refractivity (Wildman–Crippen MR) is 77.2 cm³/mol. The van der Waals surface area contributed by atoms with E-state index in [9.17, 15) is 9.18 Å². The van der Waals surface area contributed by atoms with E-state index in [1.807, 2.05) is 0 Å². The highest BCUT2D eigenvalue weighted by molar-refractivity contribution is 6.30. The number of amides is 1. The maximum Gasteiger partial charge on any atom is 0.407 e. The first-order valence-electron chi connectivity index (χ1n) is 6.30. The molecule has 0 saturated carbocycles. The molecule has 6 heteroatoms.